The van der Waals surface area contributed by atoms with Crippen molar-refractivity contribution in [2.75, 3.05) is 13.1 Å². The fraction of sp³-hybridized carbons (Fsp3) is 0.316. The van der Waals surface area contributed by atoms with Gasteiger partial charge in [0.2, 0.25) is 11.8 Å². The zero-order valence-electron chi connectivity index (χ0n) is 14.4. The third-order valence-corrected chi connectivity index (χ3v) is 5.71. The number of carbonyl (C=O) groups is 1. The maximum atomic E-state index is 12.3. The van der Waals surface area contributed by atoms with E-state index in [9.17, 15) is 14.7 Å². The molecule has 1 aromatic heterocycles. The Morgan fingerprint density at radius 2 is 2.04 bits per heavy atom. The highest BCUT2D eigenvalue weighted by Crippen LogP contribution is 2.37. The summed E-state index contributed by atoms with van der Waals surface area (Å²) in [6.45, 7) is 3.23. The van der Waals surface area contributed by atoms with E-state index in [1.165, 1.54) is 0 Å². The summed E-state index contributed by atoms with van der Waals surface area (Å²) in [7, 11) is 0. The second-order valence-electron chi connectivity index (χ2n) is 6.50. The van der Waals surface area contributed by atoms with Crippen LogP contribution in [0.2, 0.25) is 0 Å². The van der Waals surface area contributed by atoms with E-state index in [1.54, 1.807) is 11.0 Å². The molecular formula is C19H19N3O3S. The number of aliphatic imine (C=N–C) groups is 1. The number of aromatic hydroxyl groups is 1. The molecule has 0 bridgehead atoms. The second kappa shape index (κ2) is 6.57. The van der Waals surface area contributed by atoms with Gasteiger partial charge in [-0.2, -0.15) is 0 Å². The van der Waals surface area contributed by atoms with Crippen LogP contribution in [0.4, 0.5) is 5.69 Å². The average molecular weight is 369 g/mol. The van der Waals surface area contributed by atoms with Crippen molar-refractivity contribution in [1.82, 2.24) is 9.47 Å². The van der Waals surface area contributed by atoms with Crippen molar-refractivity contribution in [3.8, 4) is 5.88 Å². The lowest BCUT2D eigenvalue weighted by Crippen LogP contribution is -2.33. The topological polar surface area (TPSA) is 74.9 Å². The fourth-order valence-corrected chi connectivity index (χ4v) is 4.23. The van der Waals surface area contributed by atoms with Gasteiger partial charge in [0.15, 0.2) is 0 Å². The average Bonchev–Trinajstić information content (AvgIpc) is 3.32. The minimum Gasteiger partial charge on any atom is -0.493 e. The van der Waals surface area contributed by atoms with Gasteiger partial charge in [-0.05, 0) is 31.9 Å². The van der Waals surface area contributed by atoms with Crippen LogP contribution >= 0.6 is 11.3 Å². The Bertz CT molecular complexity index is 994. The number of thiazole rings is 1. The number of carbonyl (C=O) groups excluding carboxylic acids is 1. The lowest BCUT2D eigenvalue weighted by Gasteiger charge is -2.15. The van der Waals surface area contributed by atoms with E-state index in [1.807, 2.05) is 31.2 Å². The molecule has 1 N–H and O–H groups in total. The van der Waals surface area contributed by atoms with Crippen molar-refractivity contribution in [3.05, 3.63) is 44.4 Å². The number of hydrogen-bond acceptors (Lipinski definition) is 5. The molecule has 1 aromatic carbocycles. The van der Waals surface area contributed by atoms with E-state index in [4.69, 9.17) is 0 Å². The number of nitrogens with zero attached hydrogens (tertiary/aromatic N) is 3. The molecule has 6 nitrogen and oxygen atoms in total. The summed E-state index contributed by atoms with van der Waals surface area (Å²) in [6, 6.07) is 7.76. The van der Waals surface area contributed by atoms with E-state index in [0.717, 1.165) is 64.4 Å². The minimum atomic E-state index is -0.331. The molecule has 4 rings (SSSR count). The van der Waals surface area contributed by atoms with Crippen molar-refractivity contribution in [2.45, 2.75) is 26.3 Å². The largest absolute Gasteiger partial charge is 0.493 e. The van der Waals surface area contributed by atoms with E-state index >= 15 is 0 Å². The molecule has 0 unspecified atom stereocenters. The van der Waals surface area contributed by atoms with Crippen LogP contribution in [-0.2, 0) is 11.3 Å². The number of fused-ring (bicyclic) bond motifs is 1. The monoisotopic (exact) mass is 369 g/mol. The molecule has 1 saturated heterocycles. The van der Waals surface area contributed by atoms with Gasteiger partial charge in [-0.3, -0.25) is 19.1 Å². The van der Waals surface area contributed by atoms with Gasteiger partial charge in [0, 0.05) is 29.9 Å². The smallest absolute Gasteiger partial charge is 0.311 e. The Morgan fingerprint density at radius 3 is 2.81 bits per heavy atom. The van der Waals surface area contributed by atoms with Gasteiger partial charge >= 0.3 is 4.87 Å². The normalized spacial score (nSPS) is 17.7. The van der Waals surface area contributed by atoms with Crippen LogP contribution in [0.25, 0.3) is 11.6 Å². The fourth-order valence-electron chi connectivity index (χ4n) is 3.40. The maximum Gasteiger partial charge on any atom is 0.311 e. The van der Waals surface area contributed by atoms with Gasteiger partial charge in [-0.1, -0.05) is 29.5 Å². The summed E-state index contributed by atoms with van der Waals surface area (Å²) in [6.07, 6.45) is 3.76. The highest BCUT2D eigenvalue weighted by atomic mass is 32.1. The Labute approximate surface area is 154 Å². The molecular weight excluding hydrogens is 350 g/mol. The van der Waals surface area contributed by atoms with E-state index in [-0.39, 0.29) is 23.2 Å². The zero-order chi connectivity index (χ0) is 18.3. The highest BCUT2D eigenvalue weighted by molar-refractivity contribution is 7.10. The van der Waals surface area contributed by atoms with Crippen molar-refractivity contribution in [2.24, 2.45) is 4.99 Å². The number of rotatable bonds is 3. The van der Waals surface area contributed by atoms with E-state index < -0.39 is 0 Å². The summed E-state index contributed by atoms with van der Waals surface area (Å²) in [5.74, 6) is -0.280. The predicted molar refractivity (Wildman–Crippen MR) is 103 cm³/mol. The quantitative estimate of drug-likeness (QED) is 0.904. The number of hydrogen-bond donors (Lipinski definition) is 1. The number of benzene rings is 1. The van der Waals surface area contributed by atoms with Gasteiger partial charge in [0.1, 0.15) is 6.54 Å². The van der Waals surface area contributed by atoms with Crippen molar-refractivity contribution in [1.29, 1.82) is 0 Å². The molecule has 0 radical (unpaired) electrons. The Morgan fingerprint density at radius 1 is 1.31 bits per heavy atom. The molecule has 0 atom stereocenters. The molecule has 1 amide bonds. The number of allylic oxidation sites excluding steroid dienone is 1. The van der Waals surface area contributed by atoms with Crippen LogP contribution in [0, 0.1) is 0 Å². The van der Waals surface area contributed by atoms with Gasteiger partial charge in [-0.25, -0.2) is 0 Å². The predicted octanol–water partition coefficient (Wildman–Crippen LogP) is 2.88. The van der Waals surface area contributed by atoms with E-state index in [2.05, 4.69) is 4.99 Å². The van der Waals surface area contributed by atoms with Crippen LogP contribution in [0.15, 0.2) is 34.1 Å². The van der Waals surface area contributed by atoms with Gasteiger partial charge < -0.3 is 10.0 Å². The maximum absolute atomic E-state index is 12.3. The van der Waals surface area contributed by atoms with Crippen molar-refractivity contribution >= 4 is 40.3 Å². The molecule has 3 heterocycles. The molecule has 1 fully saturated rings. The highest BCUT2D eigenvalue weighted by Gasteiger charge is 2.23. The molecule has 2 aliphatic heterocycles. The zero-order valence-corrected chi connectivity index (χ0v) is 15.3. The third-order valence-electron chi connectivity index (χ3n) is 4.79. The first-order chi connectivity index (χ1) is 12.5. The summed E-state index contributed by atoms with van der Waals surface area (Å²) in [5, 5.41) is 10.5. The number of para-hydroxylation sites is 1. The molecule has 2 aromatic rings. The van der Waals surface area contributed by atoms with Crippen LogP contribution in [0.1, 0.15) is 30.2 Å². The van der Waals surface area contributed by atoms with Crippen LogP contribution in [-0.4, -0.2) is 39.3 Å². The molecule has 7 heteroatoms. The first kappa shape index (κ1) is 16.8. The SMILES string of the molecule is CC1=Nc2ccccc2/C1=C/c1sc(=O)n(CC(=O)N2CCCC2)c1O. The first-order valence-electron chi connectivity index (χ1n) is 8.62. The summed E-state index contributed by atoms with van der Waals surface area (Å²) in [4.78, 5) is 31.0. The first-order valence-corrected chi connectivity index (χ1v) is 9.43. The lowest BCUT2D eigenvalue weighted by atomic mass is 10.0. The van der Waals surface area contributed by atoms with Crippen molar-refractivity contribution in [3.63, 3.8) is 0 Å². The van der Waals surface area contributed by atoms with Gasteiger partial charge in [0.25, 0.3) is 0 Å². The molecule has 26 heavy (non-hydrogen) atoms. The molecule has 0 spiro atoms. The molecule has 0 aliphatic carbocycles. The number of likely N-dealkylation sites (tertiary alicyclic amines) is 1. The number of amides is 1. The number of aromatic nitrogens is 1. The Hall–Kier alpha value is -2.67. The van der Waals surface area contributed by atoms with Gasteiger partial charge in [0.05, 0.1) is 10.6 Å². The summed E-state index contributed by atoms with van der Waals surface area (Å²) >= 11 is 0.944. The third kappa shape index (κ3) is 2.88. The minimum absolute atomic E-state index is 0.117. The Kier molecular flexibility index (Phi) is 4.24. The molecule has 134 valence electrons. The van der Waals surface area contributed by atoms with Crippen LogP contribution in [0.3, 0.4) is 0 Å². The summed E-state index contributed by atoms with van der Waals surface area (Å²) < 4.78 is 1.16. The molecule has 2 aliphatic rings. The lowest BCUT2D eigenvalue weighted by molar-refractivity contribution is -0.130. The Balaban J connectivity index is 1.66. The van der Waals surface area contributed by atoms with E-state index in [0.29, 0.717) is 4.88 Å². The molecule has 0 saturated carbocycles. The van der Waals surface area contributed by atoms with Gasteiger partial charge in [-0.15, -0.1) is 0 Å². The van der Waals surface area contributed by atoms with Crippen LogP contribution in [0.5, 0.6) is 5.88 Å². The second-order valence-corrected chi connectivity index (χ2v) is 7.50. The summed E-state index contributed by atoms with van der Waals surface area (Å²) in [5.41, 5.74) is 3.58. The standard InChI is InChI=1S/C19H19N3O3S/c1-12-14(13-6-2-3-7-15(13)20-12)10-16-18(24)22(19(25)26-16)11-17(23)21-8-4-5-9-21/h2-3,6-7,10,24H,4-5,8-9,11H2,1H3/b14-10+. The van der Waals surface area contributed by atoms with Crippen LogP contribution < -0.4 is 4.87 Å². The van der Waals surface area contributed by atoms with Crippen molar-refractivity contribution < 1.29 is 9.90 Å².